The van der Waals surface area contributed by atoms with Crippen LogP contribution in [-0.4, -0.2) is 9.38 Å². The van der Waals surface area contributed by atoms with E-state index in [0.717, 1.165) is 16.7 Å². The van der Waals surface area contributed by atoms with Crippen LogP contribution in [0.15, 0.2) is 29.8 Å². The Kier molecular flexibility index (Phi) is 3.42. The Morgan fingerprint density at radius 1 is 1.50 bits per heavy atom. The van der Waals surface area contributed by atoms with Crippen molar-refractivity contribution in [3.63, 3.8) is 0 Å². The van der Waals surface area contributed by atoms with Crippen LogP contribution in [0.2, 0.25) is 0 Å². The highest BCUT2D eigenvalue weighted by Crippen LogP contribution is 2.30. The average Bonchev–Trinajstić information content (AvgIpc) is 3.01. The van der Waals surface area contributed by atoms with Crippen LogP contribution in [0.5, 0.6) is 11.6 Å². The van der Waals surface area contributed by atoms with Crippen molar-refractivity contribution in [1.29, 1.82) is 5.26 Å². The van der Waals surface area contributed by atoms with Crippen molar-refractivity contribution >= 4 is 32.2 Å². The molecule has 3 rings (SSSR count). The van der Waals surface area contributed by atoms with Gasteiger partial charge in [-0.1, -0.05) is 15.9 Å². The molecule has 0 radical (unpaired) electrons. The molecule has 0 fully saturated rings. The van der Waals surface area contributed by atoms with Crippen LogP contribution >= 0.6 is 27.3 Å². The molecule has 0 amide bonds. The van der Waals surface area contributed by atoms with Gasteiger partial charge in [0.05, 0.1) is 17.3 Å². The minimum atomic E-state index is -0.582. The van der Waals surface area contributed by atoms with E-state index in [1.54, 1.807) is 0 Å². The van der Waals surface area contributed by atoms with Crippen molar-refractivity contribution in [1.82, 2.24) is 9.38 Å². The molecule has 2 aromatic heterocycles. The van der Waals surface area contributed by atoms with E-state index in [0.29, 0.717) is 11.2 Å². The first kappa shape index (κ1) is 13.1. The van der Waals surface area contributed by atoms with Gasteiger partial charge < -0.3 is 4.74 Å². The number of ether oxygens (including phenoxy) is 1. The maximum atomic E-state index is 13.8. The number of fused-ring (bicyclic) bond motifs is 1. The number of imidazole rings is 1. The summed E-state index contributed by atoms with van der Waals surface area (Å²) in [5.41, 5.74) is 1.06. The number of thiazole rings is 1. The standard InChI is InChI=1S/C13H7BrFN3OS/c14-6-10-12(17-13-18(10)3-4-20-13)19-11-2-1-8(7-16)5-9(11)15/h1-5H,6H2. The van der Waals surface area contributed by atoms with Crippen LogP contribution in [0.3, 0.4) is 0 Å². The Morgan fingerprint density at radius 2 is 2.35 bits per heavy atom. The third-order valence-corrected chi connectivity index (χ3v) is 4.01. The molecule has 2 heterocycles. The fraction of sp³-hybridized carbons (Fsp3) is 0.0769. The van der Waals surface area contributed by atoms with Gasteiger partial charge in [0, 0.05) is 16.9 Å². The van der Waals surface area contributed by atoms with Gasteiger partial charge in [-0.15, -0.1) is 11.3 Å². The molecule has 4 nitrogen and oxygen atoms in total. The Bertz CT molecular complexity index is 821. The van der Waals surface area contributed by atoms with Crippen LogP contribution in [0.1, 0.15) is 11.3 Å². The number of halogens is 2. The maximum absolute atomic E-state index is 13.8. The van der Waals surface area contributed by atoms with Gasteiger partial charge in [0.25, 0.3) is 0 Å². The number of rotatable bonds is 3. The highest BCUT2D eigenvalue weighted by Gasteiger charge is 2.16. The minimum absolute atomic E-state index is 0.0527. The Balaban J connectivity index is 2.01. The number of aromatic nitrogens is 2. The summed E-state index contributed by atoms with van der Waals surface area (Å²) < 4.78 is 21.2. The van der Waals surface area contributed by atoms with Crippen LogP contribution in [0.4, 0.5) is 4.39 Å². The highest BCUT2D eigenvalue weighted by atomic mass is 79.9. The second-order valence-corrected chi connectivity index (χ2v) is 5.35. The second-order valence-electron chi connectivity index (χ2n) is 3.91. The van der Waals surface area contributed by atoms with Gasteiger partial charge in [-0.3, -0.25) is 4.40 Å². The van der Waals surface area contributed by atoms with E-state index in [9.17, 15) is 4.39 Å². The van der Waals surface area contributed by atoms with Crippen molar-refractivity contribution in [2.75, 3.05) is 0 Å². The zero-order valence-electron chi connectivity index (χ0n) is 10.0. The predicted octanol–water partition coefficient (Wildman–Crippen LogP) is 4.09. The third kappa shape index (κ3) is 2.17. The molecule has 0 atom stereocenters. The van der Waals surface area contributed by atoms with Crippen molar-refractivity contribution in [3.05, 3.63) is 46.9 Å². The molecule has 7 heteroatoms. The molecule has 3 aromatic rings. The SMILES string of the molecule is N#Cc1ccc(Oc2nc3sccn3c2CBr)c(F)c1. The Labute approximate surface area is 126 Å². The molecule has 0 N–H and O–H groups in total. The monoisotopic (exact) mass is 351 g/mol. The lowest BCUT2D eigenvalue weighted by Crippen LogP contribution is -1.93. The first-order valence-electron chi connectivity index (χ1n) is 5.61. The summed E-state index contributed by atoms with van der Waals surface area (Å²) in [5, 5.41) is 11.2. The van der Waals surface area contributed by atoms with E-state index in [2.05, 4.69) is 20.9 Å². The van der Waals surface area contributed by atoms with E-state index in [1.165, 1.54) is 23.5 Å². The normalized spacial score (nSPS) is 10.7. The fourth-order valence-corrected chi connectivity index (χ4v) is 3.01. The summed E-state index contributed by atoms with van der Waals surface area (Å²) >= 11 is 4.85. The molecule has 0 saturated carbocycles. The molecule has 0 aliphatic rings. The Hall–Kier alpha value is -1.91. The number of benzene rings is 1. The van der Waals surface area contributed by atoms with E-state index in [-0.39, 0.29) is 11.3 Å². The third-order valence-electron chi connectivity index (χ3n) is 2.72. The van der Waals surface area contributed by atoms with Gasteiger partial charge in [0.15, 0.2) is 16.5 Å². The largest absolute Gasteiger partial charge is 0.434 e. The van der Waals surface area contributed by atoms with E-state index in [4.69, 9.17) is 10.00 Å². The van der Waals surface area contributed by atoms with E-state index < -0.39 is 5.82 Å². The summed E-state index contributed by atoms with van der Waals surface area (Å²) in [6.07, 6.45) is 1.88. The maximum Gasteiger partial charge on any atom is 0.243 e. The Morgan fingerprint density at radius 3 is 3.05 bits per heavy atom. The predicted molar refractivity (Wildman–Crippen MR) is 76.9 cm³/mol. The first-order valence-corrected chi connectivity index (χ1v) is 7.61. The number of hydrogen-bond acceptors (Lipinski definition) is 4. The van der Waals surface area contributed by atoms with Crippen molar-refractivity contribution in [2.45, 2.75) is 5.33 Å². The van der Waals surface area contributed by atoms with Crippen LogP contribution in [0.25, 0.3) is 4.96 Å². The number of hydrogen-bond donors (Lipinski definition) is 0. The van der Waals surface area contributed by atoms with Crippen molar-refractivity contribution in [2.24, 2.45) is 0 Å². The fourth-order valence-electron chi connectivity index (χ4n) is 1.77. The van der Waals surface area contributed by atoms with E-state index in [1.807, 2.05) is 22.0 Å². The summed E-state index contributed by atoms with van der Waals surface area (Å²) in [7, 11) is 0. The molecule has 0 saturated heterocycles. The lowest BCUT2D eigenvalue weighted by Gasteiger charge is -2.05. The summed E-state index contributed by atoms with van der Waals surface area (Å²) in [5.74, 6) is -0.171. The second kappa shape index (κ2) is 5.23. The number of nitriles is 1. The molecule has 1 aromatic carbocycles. The van der Waals surface area contributed by atoms with Crippen molar-refractivity contribution < 1.29 is 9.13 Å². The van der Waals surface area contributed by atoms with Gasteiger partial charge in [-0.2, -0.15) is 10.2 Å². The molecule has 100 valence electrons. The molecule has 0 aliphatic carbocycles. The molecule has 0 bridgehead atoms. The zero-order valence-corrected chi connectivity index (χ0v) is 12.4. The van der Waals surface area contributed by atoms with Gasteiger partial charge in [0.1, 0.15) is 0 Å². The summed E-state index contributed by atoms with van der Waals surface area (Å²) in [6, 6.07) is 5.95. The van der Waals surface area contributed by atoms with E-state index >= 15 is 0 Å². The molecule has 20 heavy (non-hydrogen) atoms. The van der Waals surface area contributed by atoms with Crippen LogP contribution < -0.4 is 4.74 Å². The summed E-state index contributed by atoms with van der Waals surface area (Å²) in [6.45, 7) is 0. The summed E-state index contributed by atoms with van der Waals surface area (Å²) in [4.78, 5) is 5.10. The zero-order chi connectivity index (χ0) is 14.1. The molecule has 0 unspecified atom stereocenters. The van der Waals surface area contributed by atoms with Crippen molar-refractivity contribution in [3.8, 4) is 17.7 Å². The van der Waals surface area contributed by atoms with Gasteiger partial charge in [-0.05, 0) is 18.2 Å². The van der Waals surface area contributed by atoms with Gasteiger partial charge in [0.2, 0.25) is 5.88 Å². The topological polar surface area (TPSA) is 50.3 Å². The smallest absolute Gasteiger partial charge is 0.243 e. The minimum Gasteiger partial charge on any atom is -0.434 e. The van der Waals surface area contributed by atoms with Gasteiger partial charge in [-0.25, -0.2) is 4.39 Å². The quantitative estimate of drug-likeness (QED) is 0.667. The highest BCUT2D eigenvalue weighted by molar-refractivity contribution is 9.08. The van der Waals surface area contributed by atoms with Gasteiger partial charge >= 0.3 is 0 Å². The molecule has 0 spiro atoms. The number of alkyl halides is 1. The number of nitrogens with zero attached hydrogens (tertiary/aromatic N) is 3. The molecule has 0 aliphatic heterocycles. The van der Waals surface area contributed by atoms with Crippen LogP contribution in [-0.2, 0) is 5.33 Å². The first-order chi connectivity index (χ1) is 9.72. The molecular formula is C13H7BrFN3OS. The van der Waals surface area contributed by atoms with Crippen LogP contribution in [0, 0.1) is 17.1 Å². The lowest BCUT2D eigenvalue weighted by molar-refractivity contribution is 0.426. The lowest BCUT2D eigenvalue weighted by atomic mass is 10.2. The molecular weight excluding hydrogens is 345 g/mol. The average molecular weight is 352 g/mol.